The van der Waals surface area contributed by atoms with Crippen LogP contribution >= 0.6 is 0 Å². The van der Waals surface area contributed by atoms with Gasteiger partial charge in [0.1, 0.15) is 0 Å². The minimum absolute atomic E-state index is 0.0153. The molecule has 98 valence electrons. The smallest absolute Gasteiger partial charge is 0.0543 e. The average molecular weight is 238 g/mol. The first-order valence-electron chi connectivity index (χ1n) is 7.47. The molecule has 3 aliphatic rings. The Morgan fingerprint density at radius 3 is 2.82 bits per heavy atom. The number of nitrogens with zero attached hydrogens (tertiary/aromatic N) is 1. The van der Waals surface area contributed by atoms with Gasteiger partial charge in [-0.15, -0.1) is 0 Å². The summed E-state index contributed by atoms with van der Waals surface area (Å²) in [5.74, 6) is 0.728. The number of piperidine rings is 1. The Balaban J connectivity index is 1.40. The Morgan fingerprint density at radius 2 is 2.00 bits per heavy atom. The van der Waals surface area contributed by atoms with Crippen LogP contribution in [0.1, 0.15) is 44.9 Å². The number of fused-ring (bicyclic) bond motifs is 1. The molecule has 4 unspecified atom stereocenters. The average Bonchev–Trinajstić information content (AvgIpc) is 2.94. The van der Waals surface area contributed by atoms with Crippen molar-refractivity contribution < 1.29 is 5.11 Å². The van der Waals surface area contributed by atoms with Crippen molar-refractivity contribution in [2.24, 2.45) is 5.92 Å². The monoisotopic (exact) mass is 238 g/mol. The fourth-order valence-corrected chi connectivity index (χ4v) is 3.98. The maximum absolute atomic E-state index is 9.53. The van der Waals surface area contributed by atoms with Crippen molar-refractivity contribution in [2.75, 3.05) is 19.6 Å². The Morgan fingerprint density at radius 1 is 1.06 bits per heavy atom. The molecule has 1 saturated carbocycles. The normalized spacial score (nSPS) is 42.9. The number of hydrogen-bond donors (Lipinski definition) is 2. The summed E-state index contributed by atoms with van der Waals surface area (Å²) in [6.07, 6.45) is 8.76. The summed E-state index contributed by atoms with van der Waals surface area (Å²) in [5, 5.41) is 13.3. The quantitative estimate of drug-likeness (QED) is 0.779. The van der Waals surface area contributed by atoms with Gasteiger partial charge in [-0.2, -0.15) is 0 Å². The van der Waals surface area contributed by atoms with Crippen molar-refractivity contribution in [3.8, 4) is 0 Å². The Hall–Kier alpha value is -0.120. The summed E-state index contributed by atoms with van der Waals surface area (Å²) in [7, 11) is 0. The van der Waals surface area contributed by atoms with E-state index in [-0.39, 0.29) is 6.10 Å². The molecule has 0 aromatic rings. The molecule has 3 rings (SSSR count). The van der Waals surface area contributed by atoms with Crippen LogP contribution < -0.4 is 5.32 Å². The molecule has 2 aliphatic heterocycles. The van der Waals surface area contributed by atoms with E-state index in [4.69, 9.17) is 0 Å². The van der Waals surface area contributed by atoms with Crippen LogP contribution in [0.3, 0.4) is 0 Å². The van der Waals surface area contributed by atoms with Crippen molar-refractivity contribution in [1.29, 1.82) is 0 Å². The Labute approximate surface area is 105 Å². The molecule has 2 heterocycles. The first-order chi connectivity index (χ1) is 8.31. The van der Waals surface area contributed by atoms with Crippen LogP contribution in [0.25, 0.3) is 0 Å². The minimum atomic E-state index is -0.0153. The van der Waals surface area contributed by atoms with Gasteiger partial charge >= 0.3 is 0 Å². The number of aliphatic hydroxyl groups excluding tert-OH is 1. The highest BCUT2D eigenvalue weighted by Gasteiger charge is 2.32. The van der Waals surface area contributed by atoms with Gasteiger partial charge < -0.3 is 15.3 Å². The molecular formula is C14H26N2O. The van der Waals surface area contributed by atoms with Gasteiger partial charge in [0.15, 0.2) is 0 Å². The van der Waals surface area contributed by atoms with E-state index < -0.39 is 0 Å². The number of rotatable bonds is 3. The molecule has 0 bridgehead atoms. The van der Waals surface area contributed by atoms with Crippen molar-refractivity contribution in [1.82, 2.24) is 10.2 Å². The molecule has 3 fully saturated rings. The van der Waals surface area contributed by atoms with E-state index >= 15 is 0 Å². The van der Waals surface area contributed by atoms with E-state index in [1.165, 1.54) is 45.2 Å². The van der Waals surface area contributed by atoms with Crippen LogP contribution in [-0.2, 0) is 0 Å². The van der Waals surface area contributed by atoms with Crippen LogP contribution in [0, 0.1) is 5.92 Å². The summed E-state index contributed by atoms with van der Waals surface area (Å²) >= 11 is 0. The SMILES string of the molecule is OC1CCC(CNC2CCN3CCCC3C2)C1. The minimum Gasteiger partial charge on any atom is -0.393 e. The third kappa shape index (κ3) is 2.83. The van der Waals surface area contributed by atoms with Gasteiger partial charge in [0.05, 0.1) is 6.10 Å². The fraction of sp³-hybridized carbons (Fsp3) is 1.00. The zero-order chi connectivity index (χ0) is 11.7. The van der Waals surface area contributed by atoms with E-state index in [1.54, 1.807) is 0 Å². The van der Waals surface area contributed by atoms with Crippen LogP contribution in [-0.4, -0.2) is 47.8 Å². The van der Waals surface area contributed by atoms with Gasteiger partial charge in [0.2, 0.25) is 0 Å². The van der Waals surface area contributed by atoms with E-state index in [1.807, 2.05) is 0 Å². The molecule has 1 aliphatic carbocycles. The summed E-state index contributed by atoms with van der Waals surface area (Å²) in [6, 6.07) is 1.61. The maximum atomic E-state index is 9.53. The van der Waals surface area contributed by atoms with Crippen molar-refractivity contribution in [3.05, 3.63) is 0 Å². The molecule has 0 aromatic heterocycles. The molecule has 17 heavy (non-hydrogen) atoms. The maximum Gasteiger partial charge on any atom is 0.0543 e. The number of hydrogen-bond acceptors (Lipinski definition) is 3. The predicted molar refractivity (Wildman–Crippen MR) is 69.0 cm³/mol. The van der Waals surface area contributed by atoms with Crippen LogP contribution in [0.5, 0.6) is 0 Å². The molecule has 2 saturated heterocycles. The topological polar surface area (TPSA) is 35.5 Å². The zero-order valence-electron chi connectivity index (χ0n) is 10.8. The third-order valence-electron chi connectivity index (χ3n) is 5.03. The summed E-state index contributed by atoms with van der Waals surface area (Å²) in [5.41, 5.74) is 0. The van der Waals surface area contributed by atoms with E-state index in [0.29, 0.717) is 0 Å². The lowest BCUT2D eigenvalue weighted by Gasteiger charge is -2.35. The predicted octanol–water partition coefficient (Wildman–Crippen LogP) is 1.36. The molecule has 2 N–H and O–H groups in total. The summed E-state index contributed by atoms with van der Waals surface area (Å²) in [6.45, 7) is 3.77. The van der Waals surface area contributed by atoms with Crippen molar-refractivity contribution in [2.45, 2.75) is 63.1 Å². The summed E-state index contributed by atoms with van der Waals surface area (Å²) < 4.78 is 0. The third-order valence-corrected chi connectivity index (χ3v) is 5.03. The molecule has 3 nitrogen and oxygen atoms in total. The van der Waals surface area contributed by atoms with Crippen molar-refractivity contribution in [3.63, 3.8) is 0 Å². The van der Waals surface area contributed by atoms with Gasteiger partial charge in [0, 0.05) is 12.1 Å². The van der Waals surface area contributed by atoms with Gasteiger partial charge in [0.25, 0.3) is 0 Å². The molecule has 0 radical (unpaired) electrons. The molecule has 0 amide bonds. The second kappa shape index (κ2) is 5.25. The second-order valence-corrected chi connectivity index (χ2v) is 6.29. The first kappa shape index (κ1) is 11.9. The summed E-state index contributed by atoms with van der Waals surface area (Å²) in [4.78, 5) is 2.68. The Kier molecular flexibility index (Phi) is 3.69. The number of aliphatic hydroxyl groups is 1. The lowest BCUT2D eigenvalue weighted by molar-refractivity contribution is 0.160. The van der Waals surface area contributed by atoms with Crippen molar-refractivity contribution >= 4 is 0 Å². The van der Waals surface area contributed by atoms with E-state index in [9.17, 15) is 5.11 Å². The van der Waals surface area contributed by atoms with Crippen LogP contribution in [0.15, 0.2) is 0 Å². The molecule has 0 spiro atoms. The van der Waals surface area contributed by atoms with Gasteiger partial charge in [-0.05, 0) is 70.5 Å². The highest BCUT2D eigenvalue weighted by atomic mass is 16.3. The largest absolute Gasteiger partial charge is 0.393 e. The van der Waals surface area contributed by atoms with E-state index in [2.05, 4.69) is 10.2 Å². The Bertz CT molecular complexity index is 259. The lowest BCUT2D eigenvalue weighted by atomic mass is 9.97. The van der Waals surface area contributed by atoms with Gasteiger partial charge in [-0.3, -0.25) is 0 Å². The standard InChI is InChI=1S/C14H26N2O/c17-14-4-3-11(8-14)10-15-12-5-7-16-6-1-2-13(16)9-12/h11-15,17H,1-10H2. The van der Waals surface area contributed by atoms with Gasteiger partial charge in [-0.1, -0.05) is 0 Å². The zero-order valence-corrected chi connectivity index (χ0v) is 10.8. The first-order valence-corrected chi connectivity index (χ1v) is 7.47. The lowest BCUT2D eigenvalue weighted by Crippen LogP contribution is -2.46. The van der Waals surface area contributed by atoms with Crippen LogP contribution in [0.2, 0.25) is 0 Å². The van der Waals surface area contributed by atoms with E-state index in [0.717, 1.165) is 37.4 Å². The number of nitrogens with one attached hydrogen (secondary N) is 1. The second-order valence-electron chi connectivity index (χ2n) is 6.29. The molecule has 3 heteroatoms. The van der Waals surface area contributed by atoms with Gasteiger partial charge in [-0.25, -0.2) is 0 Å². The molecular weight excluding hydrogens is 212 g/mol. The fourth-order valence-electron chi connectivity index (χ4n) is 3.98. The molecule has 0 aromatic carbocycles. The molecule has 4 atom stereocenters. The highest BCUT2D eigenvalue weighted by molar-refractivity contribution is 4.89. The highest BCUT2D eigenvalue weighted by Crippen LogP contribution is 2.28. The van der Waals surface area contributed by atoms with Crippen LogP contribution in [0.4, 0.5) is 0 Å².